The van der Waals surface area contributed by atoms with Crippen molar-refractivity contribution >= 4 is 57.3 Å². The molecule has 1 amide bonds. The number of benzene rings is 1. The van der Waals surface area contributed by atoms with Gasteiger partial charge in [0.1, 0.15) is 17.7 Å². The molecule has 0 spiro atoms. The highest BCUT2D eigenvalue weighted by Crippen LogP contribution is 2.22. The van der Waals surface area contributed by atoms with Gasteiger partial charge in [0.05, 0.1) is 10.9 Å². The van der Waals surface area contributed by atoms with Crippen molar-refractivity contribution in [1.82, 2.24) is 15.0 Å². The fraction of sp³-hybridized carbons (Fsp3) is 0.172. The maximum absolute atomic E-state index is 12.8. The van der Waals surface area contributed by atoms with Gasteiger partial charge >= 0.3 is 0 Å². The third kappa shape index (κ3) is 5.10. The molecule has 0 fully saturated rings. The van der Waals surface area contributed by atoms with Crippen LogP contribution in [0.1, 0.15) is 49.6 Å². The zero-order valence-electron chi connectivity index (χ0n) is 22.2. The normalized spacial score (nSPS) is 13.1. The van der Waals surface area contributed by atoms with Crippen LogP contribution in [0.4, 0.5) is 17.3 Å². The summed E-state index contributed by atoms with van der Waals surface area (Å²) in [6.07, 6.45) is 3.52. The first kappa shape index (κ1) is 26.8. The summed E-state index contributed by atoms with van der Waals surface area (Å²) in [5.41, 5.74) is 17.0. The zero-order chi connectivity index (χ0) is 28.3. The number of amides is 1. The van der Waals surface area contributed by atoms with Crippen molar-refractivity contribution in [3.8, 4) is 6.07 Å². The van der Waals surface area contributed by atoms with Crippen LogP contribution in [0.15, 0.2) is 47.6 Å². The Morgan fingerprint density at radius 2 is 2.00 bits per heavy atom. The molecule has 4 rings (SSSR count). The maximum atomic E-state index is 12.8. The van der Waals surface area contributed by atoms with Gasteiger partial charge in [-0.1, -0.05) is 12.5 Å². The molecule has 196 valence electrons. The first-order chi connectivity index (χ1) is 18.7. The van der Waals surface area contributed by atoms with Gasteiger partial charge in [0.2, 0.25) is 0 Å². The minimum absolute atomic E-state index is 0.0298. The minimum Gasteiger partial charge on any atom is -0.398 e. The van der Waals surface area contributed by atoms with Gasteiger partial charge in [0.15, 0.2) is 5.70 Å². The predicted molar refractivity (Wildman–Crippen MR) is 155 cm³/mol. The number of nitrogen functional groups attached to an aromatic ring is 1. The van der Waals surface area contributed by atoms with E-state index in [0.29, 0.717) is 57.0 Å². The quantitative estimate of drug-likeness (QED) is 0.184. The van der Waals surface area contributed by atoms with Crippen LogP contribution in [0.2, 0.25) is 0 Å². The number of aromatic nitrogens is 3. The number of carbonyl (C=O) groups excluding carboxylic acids is 1. The van der Waals surface area contributed by atoms with E-state index in [1.54, 1.807) is 43.5 Å². The van der Waals surface area contributed by atoms with Crippen LogP contribution < -0.4 is 27.4 Å². The second-order valence-corrected chi connectivity index (χ2v) is 9.04. The number of aryl methyl sites for hydroxylation is 1. The number of rotatable bonds is 7. The Balaban J connectivity index is 2.00. The van der Waals surface area contributed by atoms with Crippen molar-refractivity contribution in [2.24, 2.45) is 10.7 Å². The van der Waals surface area contributed by atoms with Gasteiger partial charge in [-0.3, -0.25) is 4.79 Å². The highest BCUT2D eigenvalue weighted by atomic mass is 16.1. The number of anilines is 3. The van der Waals surface area contributed by atoms with Crippen LogP contribution >= 0.6 is 0 Å². The number of carbonyl (C=O) groups is 1. The molecule has 0 bridgehead atoms. The van der Waals surface area contributed by atoms with E-state index in [1.807, 2.05) is 26.8 Å². The van der Waals surface area contributed by atoms with Gasteiger partial charge in [-0.2, -0.15) is 5.26 Å². The number of aromatic amines is 1. The molecule has 0 radical (unpaired) electrons. The summed E-state index contributed by atoms with van der Waals surface area (Å²) in [6.45, 7) is 7.55. The summed E-state index contributed by atoms with van der Waals surface area (Å²) in [7, 11) is 0. The van der Waals surface area contributed by atoms with Crippen molar-refractivity contribution in [1.29, 1.82) is 10.7 Å². The van der Waals surface area contributed by atoms with Gasteiger partial charge in [-0.05, 0) is 63.6 Å². The number of pyridine rings is 2. The maximum Gasteiger partial charge on any atom is 0.269 e. The second-order valence-electron chi connectivity index (χ2n) is 9.04. The van der Waals surface area contributed by atoms with Crippen molar-refractivity contribution in [2.45, 2.75) is 34.1 Å². The topological polar surface area (TPSA) is 183 Å². The van der Waals surface area contributed by atoms with E-state index >= 15 is 0 Å². The van der Waals surface area contributed by atoms with Crippen molar-refractivity contribution < 1.29 is 4.79 Å². The lowest BCUT2D eigenvalue weighted by Gasteiger charge is -2.12. The van der Waals surface area contributed by atoms with Crippen LogP contribution in [-0.2, 0) is 4.79 Å². The van der Waals surface area contributed by atoms with E-state index in [4.69, 9.17) is 16.9 Å². The van der Waals surface area contributed by atoms with E-state index in [2.05, 4.69) is 31.3 Å². The average molecular weight is 520 g/mol. The van der Waals surface area contributed by atoms with Gasteiger partial charge in [-0.15, -0.1) is 0 Å². The first-order valence-corrected chi connectivity index (χ1v) is 12.3. The highest BCUT2D eigenvalue weighted by Gasteiger charge is 2.17. The van der Waals surface area contributed by atoms with Gasteiger partial charge in [0, 0.05) is 56.8 Å². The second kappa shape index (κ2) is 11.0. The molecule has 0 aliphatic rings. The molecule has 0 saturated heterocycles. The third-order valence-corrected chi connectivity index (χ3v) is 6.48. The van der Waals surface area contributed by atoms with Crippen LogP contribution in [0.25, 0.3) is 22.2 Å². The van der Waals surface area contributed by atoms with Gasteiger partial charge in [-0.25, -0.2) is 15.0 Å². The van der Waals surface area contributed by atoms with Crippen molar-refractivity contribution in [3.63, 3.8) is 0 Å². The van der Waals surface area contributed by atoms with Crippen molar-refractivity contribution in [2.75, 3.05) is 11.1 Å². The number of fused-ring (bicyclic) bond motifs is 1. The monoisotopic (exact) mass is 519 g/mol. The van der Waals surface area contributed by atoms with Crippen LogP contribution in [0.5, 0.6) is 0 Å². The molecule has 0 saturated carbocycles. The van der Waals surface area contributed by atoms with Crippen LogP contribution in [0, 0.1) is 23.7 Å². The van der Waals surface area contributed by atoms with E-state index in [0.717, 1.165) is 21.9 Å². The molecule has 3 aromatic heterocycles. The number of nitriles is 1. The van der Waals surface area contributed by atoms with Crippen LogP contribution in [0.3, 0.4) is 0 Å². The molecule has 0 aliphatic heterocycles. The summed E-state index contributed by atoms with van der Waals surface area (Å²) in [4.78, 5) is 29.7. The van der Waals surface area contributed by atoms with E-state index in [9.17, 15) is 10.1 Å². The third-order valence-electron chi connectivity index (χ3n) is 6.48. The van der Waals surface area contributed by atoms with E-state index < -0.39 is 5.91 Å². The molecular formula is C29H29N9O. The molecule has 4 aromatic rings. The molecular weight excluding hydrogens is 490 g/mol. The lowest BCUT2D eigenvalue weighted by molar-refractivity contribution is -0.113. The molecule has 0 aliphatic carbocycles. The Morgan fingerprint density at radius 3 is 2.67 bits per heavy atom. The Hall–Kier alpha value is -5.30. The summed E-state index contributed by atoms with van der Waals surface area (Å²) < 4.78 is 0. The molecule has 3 heterocycles. The van der Waals surface area contributed by atoms with Crippen LogP contribution in [-0.4, -0.2) is 32.8 Å². The lowest BCUT2D eigenvalue weighted by Crippen LogP contribution is -2.32. The number of aliphatic imine (C=N–C) groups is 1. The highest BCUT2D eigenvalue weighted by molar-refractivity contribution is 6.17. The Morgan fingerprint density at radius 1 is 1.23 bits per heavy atom. The Bertz CT molecular complexity index is 1820. The van der Waals surface area contributed by atoms with Gasteiger partial charge < -0.3 is 27.2 Å². The summed E-state index contributed by atoms with van der Waals surface area (Å²) in [5.74, 6) is 0.0670. The lowest BCUT2D eigenvalue weighted by atomic mass is 10.0. The number of primary amides is 1. The minimum atomic E-state index is -0.721. The van der Waals surface area contributed by atoms with E-state index in [1.165, 1.54) is 6.21 Å². The number of nitrogens with one attached hydrogen (secondary N) is 3. The average Bonchev–Trinajstić information content (AvgIpc) is 3.30. The molecule has 0 atom stereocenters. The fourth-order valence-electron chi connectivity index (χ4n) is 4.38. The molecule has 7 N–H and O–H groups in total. The largest absolute Gasteiger partial charge is 0.398 e. The number of hydrogen-bond acceptors (Lipinski definition) is 8. The number of H-pyrrole nitrogens is 1. The summed E-state index contributed by atoms with van der Waals surface area (Å²) >= 11 is 0. The molecule has 1 aromatic carbocycles. The Labute approximate surface area is 225 Å². The molecule has 39 heavy (non-hydrogen) atoms. The first-order valence-electron chi connectivity index (χ1n) is 12.3. The SMILES string of the molecule is CC/C(C)=c1/c(=C(\N=C(C)c2cccnc2Nc2nc(C)ccc2C#N)C(N)=O)[nH]c2ccc(N)c(C=N)c12. The summed E-state index contributed by atoms with van der Waals surface area (Å²) in [5, 5.41) is 22.5. The Kier molecular flexibility index (Phi) is 7.53. The molecule has 10 nitrogen and oxygen atoms in total. The smallest absolute Gasteiger partial charge is 0.269 e. The standard InChI is InChI=1S/C29H29N9O/c1-5-15(2)23-24-20(14-31)21(32)10-11-22(24)37-25(23)26(27(33)39)36-17(4)19-7-6-12-34-29(19)38-28-18(13-30)9-8-16(3)35-28/h6-12,14,31,37H,5,32H2,1-4H3,(H2,33,39)(H,34,35,38)/b23-15+,26-25+,31-14?,36-17?. The zero-order valence-corrected chi connectivity index (χ0v) is 22.2. The molecule has 0 unspecified atom stereocenters. The van der Waals surface area contributed by atoms with E-state index in [-0.39, 0.29) is 5.70 Å². The fourth-order valence-corrected chi connectivity index (χ4v) is 4.38. The summed E-state index contributed by atoms with van der Waals surface area (Å²) in [6, 6.07) is 12.7. The van der Waals surface area contributed by atoms with Gasteiger partial charge in [0.25, 0.3) is 5.91 Å². The number of nitrogens with two attached hydrogens (primary N) is 2. The van der Waals surface area contributed by atoms with Crippen molar-refractivity contribution in [3.05, 3.63) is 75.5 Å². The number of hydrogen-bond donors (Lipinski definition) is 5. The molecule has 10 heteroatoms. The predicted octanol–water partition coefficient (Wildman–Crippen LogP) is 3.14. The number of nitrogens with zero attached hydrogens (tertiary/aromatic N) is 4.